The molecular weight excluding hydrogens is 869 g/mol. The normalized spacial score (nSPS) is 12.7. The molecule has 8 N–H and O–H groups in total. The molecule has 19 nitrogen and oxygen atoms in total. The highest BCUT2D eigenvalue weighted by atomic mass is 16.6. The maximum Gasteiger partial charge on any atom is 0.407 e. The highest BCUT2D eigenvalue weighted by Crippen LogP contribution is 2.44. The summed E-state index contributed by atoms with van der Waals surface area (Å²) in [5.74, 6) is -1.69. The smallest absolute Gasteiger partial charge is 0.407 e. The monoisotopic (exact) mass is 936 g/mol. The van der Waals surface area contributed by atoms with E-state index in [9.17, 15) is 29.1 Å². The van der Waals surface area contributed by atoms with Crippen LogP contribution in [0.25, 0.3) is 11.1 Å². The van der Waals surface area contributed by atoms with Crippen LogP contribution in [0.1, 0.15) is 55.7 Å². The largest absolute Gasteiger partial charge is 0.449 e. The van der Waals surface area contributed by atoms with Crippen molar-refractivity contribution >= 4 is 35.5 Å². The van der Waals surface area contributed by atoms with Crippen molar-refractivity contribution in [2.24, 2.45) is 11.7 Å². The van der Waals surface area contributed by atoms with Crippen molar-refractivity contribution < 1.29 is 62.2 Å². The molecule has 0 aromatic heterocycles. The molecule has 0 saturated carbocycles. The van der Waals surface area contributed by atoms with Gasteiger partial charge in [-0.05, 0) is 58.7 Å². The van der Waals surface area contributed by atoms with E-state index in [1.807, 2.05) is 24.3 Å². The molecule has 0 saturated heterocycles. The fourth-order valence-electron chi connectivity index (χ4n) is 6.99. The van der Waals surface area contributed by atoms with E-state index in [2.05, 4.69) is 50.8 Å². The molecule has 67 heavy (non-hydrogen) atoms. The Labute approximate surface area is 392 Å². The Bertz CT molecular complexity index is 1910. The fourth-order valence-corrected chi connectivity index (χ4v) is 6.99. The van der Waals surface area contributed by atoms with Gasteiger partial charge in [-0.2, -0.15) is 0 Å². The summed E-state index contributed by atoms with van der Waals surface area (Å²) >= 11 is 0. The molecule has 6 amide bonds. The summed E-state index contributed by atoms with van der Waals surface area (Å²) in [7, 11) is 0. The van der Waals surface area contributed by atoms with Crippen LogP contribution in [0.15, 0.2) is 72.8 Å². The van der Waals surface area contributed by atoms with E-state index in [1.54, 1.807) is 38.1 Å². The molecule has 1 aliphatic rings. The van der Waals surface area contributed by atoms with Crippen molar-refractivity contribution in [3.05, 3.63) is 89.5 Å². The van der Waals surface area contributed by atoms with E-state index in [0.29, 0.717) is 90.3 Å². The lowest BCUT2D eigenvalue weighted by molar-refractivity contribution is -0.132. The maximum absolute atomic E-state index is 13.3. The van der Waals surface area contributed by atoms with Crippen LogP contribution >= 0.6 is 0 Å². The first-order valence-corrected chi connectivity index (χ1v) is 22.8. The van der Waals surface area contributed by atoms with Gasteiger partial charge in [0.15, 0.2) is 0 Å². The quantitative estimate of drug-likeness (QED) is 0.0426. The third kappa shape index (κ3) is 20.4. The van der Waals surface area contributed by atoms with Gasteiger partial charge < -0.3 is 70.6 Å². The average Bonchev–Trinajstić information content (AvgIpc) is 3.64. The second kappa shape index (κ2) is 31.3. The molecule has 4 rings (SSSR count). The van der Waals surface area contributed by atoms with Gasteiger partial charge in [0.25, 0.3) is 0 Å². The van der Waals surface area contributed by atoms with Crippen LogP contribution < -0.4 is 32.3 Å². The van der Waals surface area contributed by atoms with Gasteiger partial charge in [-0.25, -0.2) is 9.59 Å². The molecule has 3 aromatic carbocycles. The van der Waals surface area contributed by atoms with Gasteiger partial charge in [0, 0.05) is 31.1 Å². The van der Waals surface area contributed by atoms with Gasteiger partial charge in [0.2, 0.25) is 17.7 Å². The Kier molecular flexibility index (Phi) is 25.2. The second-order valence-corrected chi connectivity index (χ2v) is 15.8. The van der Waals surface area contributed by atoms with Crippen molar-refractivity contribution in [2.75, 3.05) is 104 Å². The molecule has 3 aromatic rings. The number of ether oxygens (including phenoxy) is 7. The van der Waals surface area contributed by atoms with Gasteiger partial charge in [0.1, 0.15) is 18.7 Å². The molecule has 1 aliphatic carbocycles. The fraction of sp³-hybridized carbons (Fsp3) is 0.521. The van der Waals surface area contributed by atoms with Crippen molar-refractivity contribution in [3.8, 4) is 11.1 Å². The summed E-state index contributed by atoms with van der Waals surface area (Å²) in [5, 5.41) is 22.7. The lowest BCUT2D eigenvalue weighted by atomic mass is 9.98. The molecule has 368 valence electrons. The number of fused-ring (bicyclic) bond motifs is 3. The molecule has 19 heteroatoms. The summed E-state index contributed by atoms with van der Waals surface area (Å²) < 4.78 is 38.7. The van der Waals surface area contributed by atoms with Crippen molar-refractivity contribution in [1.29, 1.82) is 0 Å². The Morgan fingerprint density at radius 3 is 1.67 bits per heavy atom. The number of rotatable bonds is 34. The Balaban J connectivity index is 0.932. The topological polar surface area (TPSA) is 256 Å². The first kappa shape index (κ1) is 53.9. The average molecular weight is 937 g/mol. The molecular formula is C48H68N6O13. The van der Waals surface area contributed by atoms with Crippen LogP contribution in [-0.4, -0.2) is 146 Å². The molecule has 0 aliphatic heterocycles. The minimum absolute atomic E-state index is 0.0101. The number of nitrogens with two attached hydrogens (primary N) is 1. The zero-order valence-electron chi connectivity index (χ0n) is 38.6. The van der Waals surface area contributed by atoms with E-state index in [1.165, 1.54) is 22.3 Å². The highest BCUT2D eigenvalue weighted by molar-refractivity contribution is 5.98. The number of hydrogen-bond donors (Lipinski definition) is 7. The summed E-state index contributed by atoms with van der Waals surface area (Å²) in [6.07, 6.45) is 0.0691. The van der Waals surface area contributed by atoms with Crippen LogP contribution in [0.4, 0.5) is 15.3 Å². The zero-order chi connectivity index (χ0) is 48.1. The van der Waals surface area contributed by atoms with Crippen LogP contribution in [0, 0.1) is 5.92 Å². The summed E-state index contributed by atoms with van der Waals surface area (Å²) in [4.78, 5) is 62.7. The third-order valence-corrected chi connectivity index (χ3v) is 10.5. The summed E-state index contributed by atoms with van der Waals surface area (Å²) in [5.41, 5.74) is 11.0. The lowest BCUT2D eigenvalue weighted by Gasteiger charge is -2.25. The van der Waals surface area contributed by atoms with Crippen molar-refractivity contribution in [1.82, 2.24) is 21.3 Å². The number of alkyl carbamates (subject to hydrolysis) is 1. The number of anilines is 1. The summed E-state index contributed by atoms with van der Waals surface area (Å²) in [6, 6.07) is 20.4. The van der Waals surface area contributed by atoms with Crippen LogP contribution in [0.3, 0.4) is 0 Å². The predicted molar refractivity (Wildman–Crippen MR) is 249 cm³/mol. The van der Waals surface area contributed by atoms with E-state index in [-0.39, 0.29) is 57.6 Å². The number of benzene rings is 3. The summed E-state index contributed by atoms with van der Waals surface area (Å²) in [6.45, 7) is 8.34. The molecule has 0 bridgehead atoms. The number of carbonyl (C=O) groups is 5. The van der Waals surface area contributed by atoms with Gasteiger partial charge in [0.05, 0.1) is 85.9 Å². The van der Waals surface area contributed by atoms with Crippen LogP contribution in [-0.2, 0) is 54.1 Å². The number of aliphatic hydroxyl groups excluding tert-OH is 1. The van der Waals surface area contributed by atoms with Gasteiger partial charge in [-0.3, -0.25) is 14.4 Å². The number of aliphatic hydroxyl groups is 1. The molecule has 2 atom stereocenters. The minimum atomic E-state index is -0.974. The minimum Gasteiger partial charge on any atom is -0.449 e. The van der Waals surface area contributed by atoms with Crippen molar-refractivity contribution in [2.45, 2.75) is 57.7 Å². The molecule has 2 unspecified atom stereocenters. The number of amides is 6. The van der Waals surface area contributed by atoms with Crippen molar-refractivity contribution in [3.63, 3.8) is 0 Å². The number of nitrogens with one attached hydrogen (secondary N) is 5. The van der Waals surface area contributed by atoms with E-state index in [0.717, 1.165) is 0 Å². The third-order valence-electron chi connectivity index (χ3n) is 10.5. The SMILES string of the molecule is CC(C)C(NC(=O)CCOCCOCCOCCOCCOCCOCCNC(=O)OCC1c2ccccc2-c2ccccc21)C(=O)NC(CCCNC(N)=O)C(=O)Nc1ccc(CO)cc1. The standard InChI is InChI=1S/C48H68N6O13/c1-34(2)44(46(58)53-42(12-7-18-50-47(49)59)45(57)52-36-15-13-35(32-55)14-16-36)54-43(56)17-20-61-22-24-63-26-28-65-30-31-66-29-27-64-25-23-62-21-19-51-48(60)67-33-41-39-10-5-3-8-37(39)38-9-4-6-11-40(38)41/h3-6,8-11,13-16,34,41-42,44,55H,7,12,17-33H2,1-2H3,(H,51,60)(H,52,57)(H,53,58)(H,54,56)(H3,49,50,59). The van der Waals surface area contributed by atoms with Gasteiger partial charge in [-0.1, -0.05) is 74.5 Å². The highest BCUT2D eigenvalue weighted by Gasteiger charge is 2.30. The van der Waals surface area contributed by atoms with E-state index < -0.39 is 41.9 Å². The van der Waals surface area contributed by atoms with Crippen LogP contribution in [0.2, 0.25) is 0 Å². The lowest BCUT2D eigenvalue weighted by Crippen LogP contribution is -2.54. The Hall–Kier alpha value is -5.67. The first-order valence-electron chi connectivity index (χ1n) is 22.8. The van der Waals surface area contributed by atoms with Crippen LogP contribution in [0.5, 0.6) is 0 Å². The predicted octanol–water partition coefficient (Wildman–Crippen LogP) is 3.22. The molecule has 0 heterocycles. The number of primary amides is 1. The van der Waals surface area contributed by atoms with E-state index in [4.69, 9.17) is 38.9 Å². The zero-order valence-corrected chi connectivity index (χ0v) is 38.6. The first-order chi connectivity index (χ1) is 32.6. The Morgan fingerprint density at radius 1 is 0.627 bits per heavy atom. The maximum atomic E-state index is 13.3. The van der Waals surface area contributed by atoms with Gasteiger partial charge in [-0.15, -0.1) is 0 Å². The molecule has 0 spiro atoms. The van der Waals surface area contributed by atoms with Gasteiger partial charge >= 0.3 is 12.1 Å². The molecule has 0 fully saturated rings. The Morgan fingerprint density at radius 2 is 1.15 bits per heavy atom. The number of hydrogen-bond acceptors (Lipinski definition) is 13. The molecule has 0 radical (unpaired) electrons. The van der Waals surface area contributed by atoms with E-state index >= 15 is 0 Å². The number of urea groups is 1. The second-order valence-electron chi connectivity index (χ2n) is 15.8. The number of carbonyl (C=O) groups excluding carboxylic acids is 5.